The van der Waals surface area contributed by atoms with Crippen LogP contribution in [0.3, 0.4) is 0 Å². The molecule has 0 N–H and O–H groups in total. The van der Waals surface area contributed by atoms with Crippen molar-refractivity contribution in [2.45, 2.75) is 19.8 Å². The van der Waals surface area contributed by atoms with Crippen LogP contribution in [0, 0.1) is 0 Å². The molecule has 0 fully saturated rings. The van der Waals surface area contributed by atoms with Crippen LogP contribution in [0.15, 0.2) is 30.3 Å². The lowest BCUT2D eigenvalue weighted by Crippen LogP contribution is -2.18. The Balaban J connectivity index is 2.42. The molecule has 0 spiro atoms. The number of hydrogen-bond donors (Lipinski definition) is 0. The highest BCUT2D eigenvalue weighted by atomic mass is 32.2. The van der Waals surface area contributed by atoms with Gasteiger partial charge in [-0.25, -0.2) is 0 Å². The summed E-state index contributed by atoms with van der Waals surface area (Å²) in [7, 11) is 0.250. The average molecular weight is 223 g/mol. The minimum Gasteiger partial charge on any atom is -0.289 e. The number of carbonyl (C=O) groups excluding carboxylic acids is 1. The number of ketones is 1. The van der Waals surface area contributed by atoms with Gasteiger partial charge in [0.2, 0.25) is 5.78 Å². The molecule has 0 bridgehead atoms. The minimum absolute atomic E-state index is 0.250. The molecular weight excluding hydrogens is 204 g/mol. The van der Waals surface area contributed by atoms with Crippen LogP contribution in [0.1, 0.15) is 30.1 Å². The molecule has 0 saturated heterocycles. The van der Waals surface area contributed by atoms with Crippen molar-refractivity contribution in [3.63, 3.8) is 0 Å². The van der Waals surface area contributed by atoms with Gasteiger partial charge in [-0.15, -0.1) is 0 Å². The third-order valence-electron chi connectivity index (χ3n) is 2.32. The number of hydrogen-bond acceptors (Lipinski definition) is 1. The van der Waals surface area contributed by atoms with E-state index in [9.17, 15) is 4.79 Å². The number of carbonyl (C=O) groups is 1. The molecule has 0 aliphatic carbocycles. The molecule has 0 radical (unpaired) electrons. The van der Waals surface area contributed by atoms with Crippen molar-refractivity contribution in [2.24, 2.45) is 0 Å². The van der Waals surface area contributed by atoms with Gasteiger partial charge in [0.25, 0.3) is 0 Å². The van der Waals surface area contributed by atoms with E-state index in [2.05, 4.69) is 13.2 Å². The van der Waals surface area contributed by atoms with Crippen LogP contribution in [0.25, 0.3) is 0 Å². The SMILES string of the molecule is CCCC[S+](C)CC(=O)c1ccccc1. The minimum atomic E-state index is 0.250. The van der Waals surface area contributed by atoms with Crippen LogP contribution >= 0.6 is 0 Å². The number of rotatable bonds is 6. The van der Waals surface area contributed by atoms with E-state index in [1.54, 1.807) is 0 Å². The number of Topliss-reactive ketones (excluding diaryl/α,β-unsaturated/α-hetero) is 1. The average Bonchev–Trinajstić information content (AvgIpc) is 2.27. The second-order valence-electron chi connectivity index (χ2n) is 3.77. The van der Waals surface area contributed by atoms with Gasteiger partial charge in [-0.1, -0.05) is 43.7 Å². The first-order chi connectivity index (χ1) is 7.24. The summed E-state index contributed by atoms with van der Waals surface area (Å²) in [6, 6.07) is 9.60. The molecule has 1 nitrogen and oxygen atoms in total. The van der Waals surface area contributed by atoms with E-state index < -0.39 is 0 Å². The first-order valence-electron chi connectivity index (χ1n) is 5.41. The largest absolute Gasteiger partial charge is 0.289 e. The van der Waals surface area contributed by atoms with Gasteiger partial charge < -0.3 is 0 Å². The Labute approximate surface area is 95.2 Å². The fraction of sp³-hybridized carbons (Fsp3) is 0.462. The van der Waals surface area contributed by atoms with Gasteiger partial charge >= 0.3 is 0 Å². The highest BCUT2D eigenvalue weighted by Gasteiger charge is 2.17. The van der Waals surface area contributed by atoms with Crippen molar-refractivity contribution >= 4 is 16.7 Å². The Morgan fingerprint density at radius 3 is 2.53 bits per heavy atom. The third-order valence-corrected chi connectivity index (χ3v) is 4.06. The van der Waals surface area contributed by atoms with Crippen LogP contribution in [-0.2, 0) is 10.9 Å². The fourth-order valence-electron chi connectivity index (χ4n) is 1.39. The van der Waals surface area contributed by atoms with Gasteiger partial charge in [0, 0.05) is 5.56 Å². The van der Waals surface area contributed by atoms with Crippen molar-refractivity contribution in [3.8, 4) is 0 Å². The maximum absolute atomic E-state index is 11.8. The molecule has 1 atom stereocenters. The van der Waals surface area contributed by atoms with E-state index in [0.717, 1.165) is 5.56 Å². The molecule has 0 aromatic heterocycles. The Kier molecular flexibility index (Phi) is 5.48. The molecule has 1 aromatic rings. The Morgan fingerprint density at radius 2 is 1.93 bits per heavy atom. The number of unbranched alkanes of at least 4 members (excludes halogenated alkanes) is 1. The highest BCUT2D eigenvalue weighted by Crippen LogP contribution is 2.05. The van der Waals surface area contributed by atoms with Crippen molar-refractivity contribution in [1.29, 1.82) is 0 Å². The molecular formula is C13H19OS+. The van der Waals surface area contributed by atoms with Crippen molar-refractivity contribution in [1.82, 2.24) is 0 Å². The molecule has 0 amide bonds. The zero-order valence-electron chi connectivity index (χ0n) is 9.53. The summed E-state index contributed by atoms with van der Waals surface area (Å²) in [6.45, 7) is 2.19. The summed E-state index contributed by atoms with van der Waals surface area (Å²) in [4.78, 5) is 11.8. The summed E-state index contributed by atoms with van der Waals surface area (Å²) < 4.78 is 0. The predicted molar refractivity (Wildman–Crippen MR) is 68.7 cm³/mol. The number of benzene rings is 1. The van der Waals surface area contributed by atoms with E-state index in [0.29, 0.717) is 5.75 Å². The van der Waals surface area contributed by atoms with Crippen molar-refractivity contribution < 1.29 is 4.79 Å². The van der Waals surface area contributed by atoms with E-state index in [1.165, 1.54) is 18.6 Å². The standard InChI is InChI=1S/C13H19OS/c1-3-4-10-15(2)11-13(14)12-8-6-5-7-9-12/h5-9H,3-4,10-11H2,1-2H3/q+1. The first kappa shape index (κ1) is 12.3. The Hall–Kier alpha value is -0.760. The molecule has 15 heavy (non-hydrogen) atoms. The molecule has 0 heterocycles. The van der Waals surface area contributed by atoms with Crippen LogP contribution in [0.5, 0.6) is 0 Å². The predicted octanol–water partition coefficient (Wildman–Crippen LogP) is 2.92. The van der Waals surface area contributed by atoms with E-state index >= 15 is 0 Å². The highest BCUT2D eigenvalue weighted by molar-refractivity contribution is 7.96. The summed E-state index contributed by atoms with van der Waals surface area (Å²) >= 11 is 0. The van der Waals surface area contributed by atoms with E-state index in [4.69, 9.17) is 0 Å². The quantitative estimate of drug-likeness (QED) is 0.535. The topological polar surface area (TPSA) is 17.1 Å². The zero-order chi connectivity index (χ0) is 11.1. The van der Waals surface area contributed by atoms with Gasteiger partial charge in [0.05, 0.1) is 6.26 Å². The van der Waals surface area contributed by atoms with Crippen LogP contribution < -0.4 is 0 Å². The van der Waals surface area contributed by atoms with Crippen molar-refractivity contribution in [3.05, 3.63) is 35.9 Å². The first-order valence-corrected chi connectivity index (χ1v) is 7.38. The zero-order valence-corrected chi connectivity index (χ0v) is 10.3. The van der Waals surface area contributed by atoms with Gasteiger partial charge in [-0.3, -0.25) is 4.79 Å². The molecule has 0 aliphatic rings. The lowest BCUT2D eigenvalue weighted by Gasteiger charge is -2.02. The Morgan fingerprint density at radius 1 is 1.27 bits per heavy atom. The van der Waals surface area contributed by atoms with Crippen LogP contribution in [0.2, 0.25) is 0 Å². The lowest BCUT2D eigenvalue weighted by molar-refractivity contribution is 0.102. The van der Waals surface area contributed by atoms with E-state index in [1.807, 2.05) is 30.3 Å². The smallest absolute Gasteiger partial charge is 0.211 e. The third kappa shape index (κ3) is 4.52. The molecule has 82 valence electrons. The maximum atomic E-state index is 11.8. The molecule has 2 heteroatoms. The van der Waals surface area contributed by atoms with E-state index in [-0.39, 0.29) is 16.7 Å². The molecule has 1 aromatic carbocycles. The second-order valence-corrected chi connectivity index (χ2v) is 6.03. The van der Waals surface area contributed by atoms with Crippen molar-refractivity contribution in [2.75, 3.05) is 17.8 Å². The summed E-state index contributed by atoms with van der Waals surface area (Å²) in [5.41, 5.74) is 0.855. The summed E-state index contributed by atoms with van der Waals surface area (Å²) in [5.74, 6) is 2.19. The lowest BCUT2D eigenvalue weighted by atomic mass is 10.2. The normalized spacial score (nSPS) is 12.4. The van der Waals surface area contributed by atoms with Gasteiger partial charge in [-0.2, -0.15) is 0 Å². The van der Waals surface area contributed by atoms with Gasteiger partial charge in [0.15, 0.2) is 5.75 Å². The molecule has 1 unspecified atom stereocenters. The molecule has 0 saturated carbocycles. The maximum Gasteiger partial charge on any atom is 0.211 e. The van der Waals surface area contributed by atoms with Crippen LogP contribution in [-0.4, -0.2) is 23.5 Å². The summed E-state index contributed by atoms with van der Waals surface area (Å²) in [6.07, 6.45) is 4.65. The second kappa shape index (κ2) is 6.67. The fourth-order valence-corrected chi connectivity index (χ4v) is 2.93. The van der Waals surface area contributed by atoms with Gasteiger partial charge in [0.1, 0.15) is 5.75 Å². The Bertz CT molecular complexity index is 295. The summed E-state index contributed by atoms with van der Waals surface area (Å²) in [5, 5.41) is 0. The monoisotopic (exact) mass is 223 g/mol. The molecule has 1 rings (SSSR count). The van der Waals surface area contributed by atoms with Crippen LogP contribution in [0.4, 0.5) is 0 Å². The molecule has 0 aliphatic heterocycles. The van der Waals surface area contributed by atoms with Gasteiger partial charge in [-0.05, 0) is 17.3 Å².